The second-order valence-corrected chi connectivity index (χ2v) is 13.9. The van der Waals surface area contributed by atoms with Crippen LogP contribution in [-0.2, 0) is 15.1 Å². The van der Waals surface area contributed by atoms with Crippen molar-refractivity contribution in [1.82, 2.24) is 4.90 Å². The first kappa shape index (κ1) is 27.3. The number of rotatable bonds is 8. The molecule has 5 heteroatoms. The van der Waals surface area contributed by atoms with Gasteiger partial charge in [0.1, 0.15) is 0 Å². The molecule has 1 aliphatic heterocycles. The van der Waals surface area contributed by atoms with Gasteiger partial charge >= 0.3 is 0 Å². The Morgan fingerprint density at radius 1 is 0.921 bits per heavy atom. The summed E-state index contributed by atoms with van der Waals surface area (Å²) in [5.41, 5.74) is 2.20. The standard InChI is InChI=1S/C33H48ClNO3/c1-31-14-11-27(38-22-21-37-20-19-35-17-3-4-18-35)23-25(31)7-10-28-29(31)12-15-32(2)30(28)13-16-33(32,36)24-5-8-26(34)9-6-24/h5-6,8-9,23,27-30,36H,3-4,7,10-22H2,1-2H3/t27?,28-,29-,30+,31+,32+,33?/m1/s1. The first-order chi connectivity index (χ1) is 18.3. The summed E-state index contributed by atoms with van der Waals surface area (Å²) in [7, 11) is 0. The van der Waals surface area contributed by atoms with Gasteiger partial charge in [-0.15, -0.1) is 0 Å². The second kappa shape index (κ2) is 10.8. The van der Waals surface area contributed by atoms with E-state index >= 15 is 0 Å². The molecule has 0 aromatic heterocycles. The zero-order valence-electron chi connectivity index (χ0n) is 23.6. The van der Waals surface area contributed by atoms with Crippen LogP contribution in [0.5, 0.6) is 0 Å². The molecule has 1 aromatic rings. The third kappa shape index (κ3) is 4.71. The lowest BCUT2D eigenvalue weighted by Crippen LogP contribution is -2.54. The molecule has 1 N–H and O–H groups in total. The van der Waals surface area contributed by atoms with Crippen LogP contribution in [0, 0.1) is 28.6 Å². The van der Waals surface area contributed by atoms with Crippen molar-refractivity contribution in [3.05, 3.63) is 46.5 Å². The molecule has 4 fully saturated rings. The lowest BCUT2D eigenvalue weighted by Gasteiger charge is -2.59. The number of nitrogens with zero attached hydrogens (tertiary/aromatic N) is 1. The highest BCUT2D eigenvalue weighted by molar-refractivity contribution is 6.30. The zero-order valence-corrected chi connectivity index (χ0v) is 24.4. The Kier molecular flexibility index (Phi) is 7.76. The van der Waals surface area contributed by atoms with E-state index in [1.807, 2.05) is 12.1 Å². The quantitative estimate of drug-likeness (QED) is 0.284. The summed E-state index contributed by atoms with van der Waals surface area (Å²) in [5.74, 6) is 2.02. The van der Waals surface area contributed by atoms with Crippen molar-refractivity contribution in [1.29, 1.82) is 0 Å². The van der Waals surface area contributed by atoms with Crippen molar-refractivity contribution in [2.45, 2.75) is 89.8 Å². The average molecular weight is 542 g/mol. The number of fused-ring (bicyclic) bond motifs is 5. The van der Waals surface area contributed by atoms with Crippen molar-refractivity contribution >= 4 is 11.6 Å². The van der Waals surface area contributed by atoms with Crippen molar-refractivity contribution in [3.63, 3.8) is 0 Å². The Hall–Kier alpha value is -0.910. The molecule has 38 heavy (non-hydrogen) atoms. The molecule has 4 nitrogen and oxygen atoms in total. The lowest BCUT2D eigenvalue weighted by atomic mass is 9.46. The summed E-state index contributed by atoms with van der Waals surface area (Å²) in [6, 6.07) is 8.00. The van der Waals surface area contributed by atoms with E-state index in [2.05, 4.69) is 37.0 Å². The third-order valence-electron chi connectivity index (χ3n) is 11.9. The van der Waals surface area contributed by atoms with Crippen molar-refractivity contribution in [2.24, 2.45) is 28.6 Å². The molecule has 5 aliphatic rings. The maximum atomic E-state index is 12.1. The van der Waals surface area contributed by atoms with E-state index in [1.165, 1.54) is 51.6 Å². The summed E-state index contributed by atoms with van der Waals surface area (Å²) in [6.45, 7) is 10.7. The molecule has 7 atom stereocenters. The number of hydrogen-bond donors (Lipinski definition) is 1. The number of ether oxygens (including phenoxy) is 2. The SMILES string of the molecule is C[C@]12CCC(OCCOCCN3CCCC3)C=C1CC[C@@H]1[C@H]2CC[C@@]2(C)[C@H]1CCC2(O)c1ccc(Cl)cc1. The molecular weight excluding hydrogens is 494 g/mol. The number of aliphatic hydroxyl groups is 1. The van der Waals surface area contributed by atoms with Gasteiger partial charge in [0.25, 0.3) is 0 Å². The van der Waals surface area contributed by atoms with Crippen LogP contribution < -0.4 is 0 Å². The van der Waals surface area contributed by atoms with Gasteiger partial charge in [0.15, 0.2) is 0 Å². The zero-order chi connectivity index (χ0) is 26.4. The molecule has 0 amide bonds. The first-order valence-corrected chi connectivity index (χ1v) is 15.8. The fourth-order valence-corrected chi connectivity index (χ4v) is 9.73. The number of hydrogen-bond acceptors (Lipinski definition) is 4. The van der Waals surface area contributed by atoms with Gasteiger partial charge in [-0.05, 0) is 118 Å². The molecule has 1 saturated heterocycles. The minimum absolute atomic E-state index is 0.0608. The molecule has 0 spiro atoms. The van der Waals surface area contributed by atoms with Gasteiger partial charge in [0, 0.05) is 17.0 Å². The Balaban J connectivity index is 1.07. The van der Waals surface area contributed by atoms with E-state index in [-0.39, 0.29) is 16.9 Å². The van der Waals surface area contributed by atoms with Gasteiger partial charge in [-0.1, -0.05) is 49.2 Å². The molecule has 1 heterocycles. The monoisotopic (exact) mass is 541 g/mol. The summed E-state index contributed by atoms with van der Waals surface area (Å²) >= 11 is 6.18. The van der Waals surface area contributed by atoms with Crippen LogP contribution in [0.4, 0.5) is 0 Å². The Labute approximate surface area is 235 Å². The van der Waals surface area contributed by atoms with Crippen molar-refractivity contribution < 1.29 is 14.6 Å². The number of benzene rings is 1. The van der Waals surface area contributed by atoms with Crippen molar-refractivity contribution in [3.8, 4) is 0 Å². The highest BCUT2D eigenvalue weighted by Gasteiger charge is 2.64. The summed E-state index contributed by atoms with van der Waals surface area (Å²) in [6.07, 6.45) is 14.5. The maximum Gasteiger partial charge on any atom is 0.0952 e. The smallest absolute Gasteiger partial charge is 0.0952 e. The molecule has 210 valence electrons. The third-order valence-corrected chi connectivity index (χ3v) is 12.1. The molecule has 0 radical (unpaired) electrons. The highest BCUT2D eigenvalue weighted by atomic mass is 35.5. The number of likely N-dealkylation sites (tertiary alicyclic amines) is 1. The van der Waals surface area contributed by atoms with E-state index in [9.17, 15) is 5.11 Å². The van der Waals surface area contributed by atoms with E-state index in [0.29, 0.717) is 25.0 Å². The number of allylic oxidation sites excluding steroid dienone is 1. The van der Waals surface area contributed by atoms with Gasteiger partial charge in [-0.3, -0.25) is 0 Å². The van der Waals surface area contributed by atoms with Gasteiger partial charge in [0.05, 0.1) is 31.5 Å². The fraction of sp³-hybridized carbons (Fsp3) is 0.758. The average Bonchev–Trinajstić information content (AvgIpc) is 3.53. The van der Waals surface area contributed by atoms with Crippen LogP contribution in [0.3, 0.4) is 0 Å². The summed E-state index contributed by atoms with van der Waals surface area (Å²) in [4.78, 5) is 2.50. The van der Waals surface area contributed by atoms with E-state index in [0.717, 1.165) is 55.3 Å². The molecular formula is C33H48ClNO3. The van der Waals surface area contributed by atoms with Crippen LogP contribution in [0.1, 0.15) is 83.6 Å². The van der Waals surface area contributed by atoms with E-state index in [4.69, 9.17) is 21.1 Å². The minimum atomic E-state index is -0.744. The Morgan fingerprint density at radius 2 is 1.68 bits per heavy atom. The molecule has 6 rings (SSSR count). The minimum Gasteiger partial charge on any atom is -0.385 e. The summed E-state index contributed by atoms with van der Waals surface area (Å²) < 4.78 is 12.2. The molecule has 4 aliphatic carbocycles. The van der Waals surface area contributed by atoms with Crippen LogP contribution in [0.25, 0.3) is 0 Å². The molecule has 2 unspecified atom stereocenters. The van der Waals surface area contributed by atoms with Crippen molar-refractivity contribution in [2.75, 3.05) is 39.5 Å². The molecule has 3 saturated carbocycles. The van der Waals surface area contributed by atoms with E-state index in [1.54, 1.807) is 5.57 Å². The van der Waals surface area contributed by atoms with Crippen LogP contribution in [0.2, 0.25) is 5.02 Å². The summed E-state index contributed by atoms with van der Waals surface area (Å²) in [5, 5.41) is 12.9. The van der Waals surface area contributed by atoms with Gasteiger partial charge in [0.2, 0.25) is 0 Å². The van der Waals surface area contributed by atoms with Crippen LogP contribution in [-0.4, -0.2) is 55.6 Å². The largest absolute Gasteiger partial charge is 0.385 e. The fourth-order valence-electron chi connectivity index (χ4n) is 9.60. The predicted octanol–water partition coefficient (Wildman–Crippen LogP) is 6.99. The topological polar surface area (TPSA) is 41.9 Å². The van der Waals surface area contributed by atoms with Gasteiger partial charge < -0.3 is 19.5 Å². The normalized spacial score (nSPS) is 40.9. The predicted molar refractivity (Wildman–Crippen MR) is 153 cm³/mol. The Morgan fingerprint density at radius 3 is 2.47 bits per heavy atom. The second-order valence-electron chi connectivity index (χ2n) is 13.5. The van der Waals surface area contributed by atoms with Gasteiger partial charge in [-0.25, -0.2) is 0 Å². The van der Waals surface area contributed by atoms with Gasteiger partial charge in [-0.2, -0.15) is 0 Å². The number of halogens is 1. The Bertz CT molecular complexity index is 1010. The highest BCUT2D eigenvalue weighted by Crippen LogP contribution is 2.69. The lowest BCUT2D eigenvalue weighted by molar-refractivity contribution is -0.133. The van der Waals surface area contributed by atoms with E-state index < -0.39 is 5.60 Å². The van der Waals surface area contributed by atoms with Crippen LogP contribution >= 0.6 is 11.6 Å². The molecule has 1 aromatic carbocycles. The molecule has 0 bridgehead atoms. The van der Waals surface area contributed by atoms with Crippen LogP contribution in [0.15, 0.2) is 35.9 Å². The first-order valence-electron chi connectivity index (χ1n) is 15.4. The maximum absolute atomic E-state index is 12.1.